The van der Waals surface area contributed by atoms with Gasteiger partial charge in [0, 0.05) is 19.0 Å². The Bertz CT molecular complexity index is 401. The fraction of sp³-hybridized carbons (Fsp3) is 0.875. The summed E-state index contributed by atoms with van der Waals surface area (Å²) in [7, 11) is 0. The molecule has 0 aromatic heterocycles. The molecule has 3 aliphatic rings. The summed E-state index contributed by atoms with van der Waals surface area (Å²) in [6.07, 6.45) is 9.75. The predicted molar refractivity (Wildman–Crippen MR) is 75.2 cm³/mol. The maximum atomic E-state index is 12.6. The summed E-state index contributed by atoms with van der Waals surface area (Å²) >= 11 is 0. The van der Waals surface area contributed by atoms with Crippen LogP contribution in [0, 0.1) is 11.3 Å². The van der Waals surface area contributed by atoms with Crippen LogP contribution in [0.25, 0.3) is 0 Å². The summed E-state index contributed by atoms with van der Waals surface area (Å²) in [6, 6.07) is 0.399. The quantitative estimate of drug-likeness (QED) is 0.864. The van der Waals surface area contributed by atoms with Gasteiger partial charge in [0.05, 0.1) is 5.41 Å². The van der Waals surface area contributed by atoms with E-state index in [0.29, 0.717) is 24.8 Å². The predicted octanol–water partition coefficient (Wildman–Crippen LogP) is 2.81. The first-order valence-corrected chi connectivity index (χ1v) is 8.15. The minimum atomic E-state index is -0.769. The van der Waals surface area contributed by atoms with Gasteiger partial charge in [-0.25, -0.2) is 0 Å². The smallest absolute Gasteiger partial charge is 0.310 e. The van der Waals surface area contributed by atoms with Crippen LogP contribution in [0.15, 0.2) is 0 Å². The summed E-state index contributed by atoms with van der Waals surface area (Å²) in [4.78, 5) is 26.1. The summed E-state index contributed by atoms with van der Waals surface area (Å²) in [6.45, 7) is 0.843. The third kappa shape index (κ3) is 2.33. The summed E-state index contributed by atoms with van der Waals surface area (Å²) in [5.41, 5.74) is -0.737. The number of carboxylic acids is 1. The van der Waals surface area contributed by atoms with E-state index in [4.69, 9.17) is 0 Å². The van der Waals surface area contributed by atoms with Gasteiger partial charge in [0.1, 0.15) is 0 Å². The number of carbonyl (C=O) groups is 2. The Labute approximate surface area is 120 Å². The number of fused-ring (bicyclic) bond motifs is 1. The van der Waals surface area contributed by atoms with Crippen LogP contribution in [-0.4, -0.2) is 34.5 Å². The molecule has 0 spiro atoms. The van der Waals surface area contributed by atoms with Crippen LogP contribution in [-0.2, 0) is 9.59 Å². The largest absolute Gasteiger partial charge is 0.481 e. The number of piperidine rings is 1. The van der Waals surface area contributed by atoms with Crippen molar-refractivity contribution in [1.82, 2.24) is 4.90 Å². The fourth-order valence-corrected chi connectivity index (χ4v) is 4.40. The number of nitrogens with zero attached hydrogens (tertiary/aromatic N) is 1. The number of likely N-dealkylation sites (tertiary alicyclic amines) is 1. The number of hydrogen-bond acceptors (Lipinski definition) is 2. The SMILES string of the molecule is O=C(CC1(C(=O)O)CCC1)N1CCC[C@H]2CCCC[C@H]21. The van der Waals surface area contributed by atoms with Crippen LogP contribution >= 0.6 is 0 Å². The van der Waals surface area contributed by atoms with Crippen LogP contribution in [0.3, 0.4) is 0 Å². The normalized spacial score (nSPS) is 32.1. The first-order chi connectivity index (χ1) is 9.62. The van der Waals surface area contributed by atoms with Gasteiger partial charge in [0.15, 0.2) is 0 Å². The maximum absolute atomic E-state index is 12.6. The zero-order chi connectivity index (χ0) is 14.2. The van der Waals surface area contributed by atoms with Gasteiger partial charge in [-0.05, 0) is 44.4 Å². The molecule has 2 saturated carbocycles. The zero-order valence-electron chi connectivity index (χ0n) is 12.1. The Morgan fingerprint density at radius 3 is 2.40 bits per heavy atom. The van der Waals surface area contributed by atoms with Gasteiger partial charge in [0.25, 0.3) is 0 Å². The molecule has 3 rings (SSSR count). The molecule has 0 bridgehead atoms. The average Bonchev–Trinajstić information content (AvgIpc) is 2.41. The van der Waals surface area contributed by atoms with Crippen molar-refractivity contribution in [3.63, 3.8) is 0 Å². The van der Waals surface area contributed by atoms with Crippen LogP contribution in [0.1, 0.15) is 64.2 Å². The van der Waals surface area contributed by atoms with Crippen LogP contribution in [0.4, 0.5) is 0 Å². The number of rotatable bonds is 3. The number of carboxylic acid groups (broad SMARTS) is 1. The molecule has 0 aromatic carbocycles. The molecule has 2 atom stereocenters. The van der Waals surface area contributed by atoms with E-state index in [9.17, 15) is 14.7 Å². The fourth-order valence-electron chi connectivity index (χ4n) is 4.40. The third-order valence-electron chi connectivity index (χ3n) is 5.82. The monoisotopic (exact) mass is 279 g/mol. The lowest BCUT2D eigenvalue weighted by Gasteiger charge is -2.46. The Kier molecular flexibility index (Phi) is 3.74. The van der Waals surface area contributed by atoms with E-state index in [1.54, 1.807) is 0 Å². The number of hydrogen-bond donors (Lipinski definition) is 1. The molecule has 1 amide bonds. The molecule has 0 aromatic rings. The van der Waals surface area contributed by atoms with Gasteiger partial charge in [-0.15, -0.1) is 0 Å². The second kappa shape index (κ2) is 5.38. The topological polar surface area (TPSA) is 57.6 Å². The van der Waals surface area contributed by atoms with E-state index in [1.165, 1.54) is 25.7 Å². The van der Waals surface area contributed by atoms with E-state index < -0.39 is 11.4 Å². The van der Waals surface area contributed by atoms with E-state index in [-0.39, 0.29) is 12.3 Å². The highest BCUT2D eigenvalue weighted by atomic mass is 16.4. The lowest BCUT2D eigenvalue weighted by atomic mass is 9.66. The number of aliphatic carboxylic acids is 1. The second-order valence-electron chi connectivity index (χ2n) is 6.96. The van der Waals surface area contributed by atoms with Crippen molar-refractivity contribution in [3.8, 4) is 0 Å². The van der Waals surface area contributed by atoms with Crippen molar-refractivity contribution in [2.75, 3.05) is 6.54 Å². The summed E-state index contributed by atoms with van der Waals surface area (Å²) in [5.74, 6) is 0.00150. The lowest BCUT2D eigenvalue weighted by molar-refractivity contribution is -0.161. The standard InChI is InChI=1S/C16H25NO3/c18-14(11-16(15(19)20)8-4-9-16)17-10-3-6-12-5-1-2-7-13(12)17/h12-13H,1-11H2,(H,19,20)/t12-,13-/m1/s1. The molecule has 1 aliphatic heterocycles. The first kappa shape index (κ1) is 13.9. The molecule has 2 aliphatic carbocycles. The third-order valence-corrected chi connectivity index (χ3v) is 5.82. The zero-order valence-corrected chi connectivity index (χ0v) is 12.1. The van der Waals surface area contributed by atoms with Crippen molar-refractivity contribution < 1.29 is 14.7 Å². The van der Waals surface area contributed by atoms with Gasteiger partial charge < -0.3 is 10.0 Å². The van der Waals surface area contributed by atoms with Gasteiger partial charge in [-0.1, -0.05) is 19.3 Å². The highest BCUT2D eigenvalue weighted by molar-refractivity contribution is 5.86. The highest BCUT2D eigenvalue weighted by Crippen LogP contribution is 2.45. The van der Waals surface area contributed by atoms with Gasteiger partial charge >= 0.3 is 5.97 Å². The van der Waals surface area contributed by atoms with Crippen LogP contribution < -0.4 is 0 Å². The molecule has 3 fully saturated rings. The Morgan fingerprint density at radius 1 is 1.05 bits per heavy atom. The Balaban J connectivity index is 1.68. The molecule has 4 heteroatoms. The molecule has 0 radical (unpaired) electrons. The maximum Gasteiger partial charge on any atom is 0.310 e. The molecular weight excluding hydrogens is 254 g/mol. The molecule has 1 saturated heterocycles. The van der Waals surface area contributed by atoms with Crippen molar-refractivity contribution in [3.05, 3.63) is 0 Å². The van der Waals surface area contributed by atoms with Crippen LogP contribution in [0.5, 0.6) is 0 Å². The molecule has 1 heterocycles. The Hall–Kier alpha value is -1.06. The summed E-state index contributed by atoms with van der Waals surface area (Å²) < 4.78 is 0. The second-order valence-corrected chi connectivity index (χ2v) is 6.96. The van der Waals surface area contributed by atoms with E-state index in [1.807, 2.05) is 4.90 Å². The molecule has 20 heavy (non-hydrogen) atoms. The summed E-state index contributed by atoms with van der Waals surface area (Å²) in [5, 5.41) is 9.39. The molecule has 0 unspecified atom stereocenters. The van der Waals surface area contributed by atoms with Crippen molar-refractivity contribution in [2.45, 2.75) is 70.3 Å². The van der Waals surface area contributed by atoms with Gasteiger partial charge in [0.2, 0.25) is 5.91 Å². The van der Waals surface area contributed by atoms with Crippen molar-refractivity contribution in [1.29, 1.82) is 0 Å². The average molecular weight is 279 g/mol. The minimum absolute atomic E-state index is 0.101. The van der Waals surface area contributed by atoms with Crippen molar-refractivity contribution in [2.24, 2.45) is 11.3 Å². The first-order valence-electron chi connectivity index (χ1n) is 8.15. The van der Waals surface area contributed by atoms with Gasteiger partial charge in [-0.3, -0.25) is 9.59 Å². The molecule has 112 valence electrons. The molecule has 1 N–H and O–H groups in total. The Morgan fingerprint density at radius 2 is 1.75 bits per heavy atom. The van der Waals surface area contributed by atoms with E-state index in [0.717, 1.165) is 25.8 Å². The van der Waals surface area contributed by atoms with E-state index >= 15 is 0 Å². The number of carbonyl (C=O) groups excluding carboxylic acids is 1. The highest BCUT2D eigenvalue weighted by Gasteiger charge is 2.47. The number of amides is 1. The lowest BCUT2D eigenvalue weighted by Crippen LogP contribution is -2.52. The van der Waals surface area contributed by atoms with Crippen LogP contribution in [0.2, 0.25) is 0 Å². The minimum Gasteiger partial charge on any atom is -0.481 e. The molecule has 4 nitrogen and oxygen atoms in total. The van der Waals surface area contributed by atoms with Crippen molar-refractivity contribution >= 4 is 11.9 Å². The van der Waals surface area contributed by atoms with E-state index in [2.05, 4.69) is 0 Å². The molecular formula is C16H25NO3. The van der Waals surface area contributed by atoms with Gasteiger partial charge in [-0.2, -0.15) is 0 Å².